The molecule has 0 atom stereocenters. The fourth-order valence-electron chi connectivity index (χ4n) is 3.09. The lowest BCUT2D eigenvalue weighted by atomic mass is 10.1. The van der Waals surface area contributed by atoms with Gasteiger partial charge in [-0.2, -0.15) is 0 Å². The molecule has 0 aliphatic carbocycles. The molecule has 0 bridgehead atoms. The summed E-state index contributed by atoms with van der Waals surface area (Å²) < 4.78 is 39.3. The molecule has 7 nitrogen and oxygen atoms in total. The van der Waals surface area contributed by atoms with Crippen LogP contribution in [0.25, 0.3) is 0 Å². The molecule has 0 saturated carbocycles. The number of nitrogens with one attached hydrogen (secondary N) is 1. The Bertz CT molecular complexity index is 1230. The lowest BCUT2D eigenvalue weighted by molar-refractivity contribution is 0.0786. The van der Waals surface area contributed by atoms with E-state index in [-0.39, 0.29) is 32.8 Å². The molecule has 3 rings (SSSR count). The molecule has 170 valence electrons. The molecule has 0 aliphatic heterocycles. The maximum Gasteiger partial charge on any atom is 0.262 e. The molecule has 1 heterocycles. The summed E-state index contributed by atoms with van der Waals surface area (Å²) in [5, 5.41) is 2.16. The van der Waals surface area contributed by atoms with E-state index in [1.807, 2.05) is 17.5 Å². The molecule has 10 heteroatoms. The van der Waals surface area contributed by atoms with Crippen molar-refractivity contribution in [2.75, 3.05) is 26.0 Å². The number of methoxy groups -OCH3 is 2. The molecule has 32 heavy (non-hydrogen) atoms. The zero-order valence-corrected chi connectivity index (χ0v) is 20.4. The number of carbonyl (C=O) groups is 1. The lowest BCUT2D eigenvalue weighted by Gasteiger charge is -2.18. The molecular formula is C22H23ClN2O5S2. The number of thiophene rings is 1. The molecule has 0 aliphatic rings. The Balaban J connectivity index is 1.92. The summed E-state index contributed by atoms with van der Waals surface area (Å²) in [6, 6.07) is 11.4. The Morgan fingerprint density at radius 1 is 1.12 bits per heavy atom. The van der Waals surface area contributed by atoms with Gasteiger partial charge in [-0.15, -0.1) is 11.3 Å². The number of ether oxygens (including phenoxy) is 2. The van der Waals surface area contributed by atoms with Crippen molar-refractivity contribution in [3.63, 3.8) is 0 Å². The van der Waals surface area contributed by atoms with Gasteiger partial charge < -0.3 is 14.4 Å². The van der Waals surface area contributed by atoms with Crippen LogP contribution in [0.3, 0.4) is 0 Å². The number of halogens is 1. The number of hydrogen-bond acceptors (Lipinski definition) is 6. The molecule has 0 saturated heterocycles. The first kappa shape index (κ1) is 23.9. The van der Waals surface area contributed by atoms with Gasteiger partial charge in [-0.25, -0.2) is 8.42 Å². The molecule has 1 aromatic heterocycles. The smallest absolute Gasteiger partial charge is 0.262 e. The van der Waals surface area contributed by atoms with Crippen LogP contribution in [0.2, 0.25) is 5.02 Å². The summed E-state index contributed by atoms with van der Waals surface area (Å²) in [5.41, 5.74) is 0.924. The van der Waals surface area contributed by atoms with Gasteiger partial charge in [-0.05, 0) is 42.1 Å². The van der Waals surface area contributed by atoms with Gasteiger partial charge >= 0.3 is 0 Å². The molecule has 1 amide bonds. The second-order valence-electron chi connectivity index (χ2n) is 7.01. The van der Waals surface area contributed by atoms with E-state index in [0.29, 0.717) is 17.9 Å². The van der Waals surface area contributed by atoms with Crippen molar-refractivity contribution in [2.45, 2.75) is 18.4 Å². The first-order chi connectivity index (χ1) is 15.2. The maximum atomic E-state index is 13.2. The van der Waals surface area contributed by atoms with Gasteiger partial charge in [0.05, 0.1) is 36.4 Å². The fraction of sp³-hybridized carbons (Fsp3) is 0.227. The highest BCUT2D eigenvalue weighted by molar-refractivity contribution is 7.92. The van der Waals surface area contributed by atoms with Gasteiger partial charge in [0.15, 0.2) is 0 Å². The number of anilines is 1. The van der Waals surface area contributed by atoms with Gasteiger partial charge in [0.25, 0.3) is 15.9 Å². The van der Waals surface area contributed by atoms with Crippen LogP contribution in [0, 0.1) is 6.92 Å². The van der Waals surface area contributed by atoms with Crippen molar-refractivity contribution in [1.82, 2.24) is 4.90 Å². The van der Waals surface area contributed by atoms with E-state index in [1.165, 1.54) is 32.4 Å². The quantitative estimate of drug-likeness (QED) is 0.486. The molecule has 0 fully saturated rings. The normalized spacial score (nSPS) is 11.2. The third-order valence-corrected chi connectivity index (χ3v) is 7.43. The fourth-order valence-corrected chi connectivity index (χ4v) is 5.42. The number of amides is 1. The lowest BCUT2D eigenvalue weighted by Crippen LogP contribution is -2.26. The minimum absolute atomic E-state index is 0.0122. The number of benzene rings is 2. The highest BCUT2D eigenvalue weighted by Crippen LogP contribution is 2.37. The van der Waals surface area contributed by atoms with E-state index in [4.69, 9.17) is 21.1 Å². The van der Waals surface area contributed by atoms with Gasteiger partial charge in [0, 0.05) is 23.6 Å². The average molecular weight is 495 g/mol. The number of rotatable bonds is 8. The predicted molar refractivity (Wildman–Crippen MR) is 127 cm³/mol. The summed E-state index contributed by atoms with van der Waals surface area (Å²) in [6.07, 6.45) is 0. The van der Waals surface area contributed by atoms with Gasteiger partial charge in [0.1, 0.15) is 11.5 Å². The van der Waals surface area contributed by atoms with E-state index >= 15 is 0 Å². The van der Waals surface area contributed by atoms with Crippen molar-refractivity contribution in [1.29, 1.82) is 0 Å². The predicted octanol–water partition coefficient (Wildman–Crippen LogP) is 4.80. The van der Waals surface area contributed by atoms with Crippen LogP contribution in [0.4, 0.5) is 5.69 Å². The van der Waals surface area contributed by atoms with Gasteiger partial charge in [-0.3, -0.25) is 9.52 Å². The molecule has 2 aromatic carbocycles. The summed E-state index contributed by atoms with van der Waals surface area (Å²) in [5.74, 6) is 0.319. The molecule has 0 unspecified atom stereocenters. The van der Waals surface area contributed by atoms with Crippen LogP contribution in [0.15, 0.2) is 52.7 Å². The van der Waals surface area contributed by atoms with Crippen LogP contribution in [-0.4, -0.2) is 40.5 Å². The van der Waals surface area contributed by atoms with Crippen LogP contribution in [-0.2, 0) is 16.6 Å². The van der Waals surface area contributed by atoms with Crippen molar-refractivity contribution in [3.05, 3.63) is 68.9 Å². The Kier molecular flexibility index (Phi) is 7.33. The number of nitrogens with zero attached hydrogens (tertiary/aromatic N) is 1. The third kappa shape index (κ3) is 5.17. The topological polar surface area (TPSA) is 84.9 Å². The first-order valence-electron chi connectivity index (χ1n) is 9.49. The Morgan fingerprint density at radius 2 is 1.84 bits per heavy atom. The first-order valence-corrected chi connectivity index (χ1v) is 12.2. The van der Waals surface area contributed by atoms with Crippen LogP contribution in [0.1, 0.15) is 20.8 Å². The Morgan fingerprint density at radius 3 is 2.47 bits per heavy atom. The van der Waals surface area contributed by atoms with E-state index < -0.39 is 10.0 Å². The summed E-state index contributed by atoms with van der Waals surface area (Å²) >= 11 is 7.71. The molecule has 0 radical (unpaired) electrons. The van der Waals surface area contributed by atoms with Crippen LogP contribution in [0.5, 0.6) is 11.5 Å². The maximum absolute atomic E-state index is 13.2. The standard InChI is InChI=1S/C22H23ClN2O5S2/c1-14-7-8-15(22(26)25(2)13-16-6-5-9-31-16)10-21(14)32(27,28)24-18-11-17(23)19(29-3)12-20(18)30-4/h5-12,24H,13H2,1-4H3. The molecular weight excluding hydrogens is 472 g/mol. The minimum atomic E-state index is -4.04. The molecule has 3 aromatic rings. The van der Waals surface area contributed by atoms with Crippen molar-refractivity contribution in [3.8, 4) is 11.5 Å². The summed E-state index contributed by atoms with van der Waals surface area (Å²) in [4.78, 5) is 15.5. The average Bonchev–Trinajstić information content (AvgIpc) is 3.26. The van der Waals surface area contributed by atoms with Crippen molar-refractivity contribution < 1.29 is 22.7 Å². The van der Waals surface area contributed by atoms with Crippen molar-refractivity contribution >= 4 is 44.6 Å². The SMILES string of the molecule is COc1cc(OC)c(NS(=O)(=O)c2cc(C(=O)N(C)Cc3cccs3)ccc2C)cc1Cl. The summed E-state index contributed by atoms with van der Waals surface area (Å²) in [6.45, 7) is 2.10. The third-order valence-electron chi connectivity index (χ3n) is 4.76. The molecule has 0 spiro atoms. The van der Waals surface area contributed by atoms with Crippen molar-refractivity contribution in [2.24, 2.45) is 0 Å². The monoisotopic (exact) mass is 494 g/mol. The van der Waals surface area contributed by atoms with Crippen LogP contribution >= 0.6 is 22.9 Å². The number of carbonyl (C=O) groups excluding carboxylic acids is 1. The van der Waals surface area contributed by atoms with E-state index in [2.05, 4.69) is 4.72 Å². The molecule has 1 N–H and O–H groups in total. The Labute approximate surface area is 196 Å². The Hall–Kier alpha value is -2.75. The second kappa shape index (κ2) is 9.81. The minimum Gasteiger partial charge on any atom is -0.495 e. The number of hydrogen-bond donors (Lipinski definition) is 1. The van der Waals surface area contributed by atoms with Gasteiger partial charge in [0.2, 0.25) is 0 Å². The van der Waals surface area contributed by atoms with E-state index in [9.17, 15) is 13.2 Å². The highest BCUT2D eigenvalue weighted by atomic mass is 35.5. The number of aryl methyl sites for hydroxylation is 1. The van der Waals surface area contributed by atoms with Crippen LogP contribution < -0.4 is 14.2 Å². The second-order valence-corrected chi connectivity index (χ2v) is 10.1. The van der Waals surface area contributed by atoms with E-state index in [0.717, 1.165) is 4.88 Å². The number of sulfonamides is 1. The zero-order chi connectivity index (χ0) is 23.5. The van der Waals surface area contributed by atoms with E-state index in [1.54, 1.807) is 42.3 Å². The van der Waals surface area contributed by atoms with Gasteiger partial charge in [-0.1, -0.05) is 23.7 Å². The summed E-state index contributed by atoms with van der Waals surface area (Å²) in [7, 11) is 0.498. The zero-order valence-electron chi connectivity index (χ0n) is 18.0. The highest BCUT2D eigenvalue weighted by Gasteiger charge is 2.23. The largest absolute Gasteiger partial charge is 0.495 e.